The van der Waals surface area contributed by atoms with Gasteiger partial charge in [-0.3, -0.25) is 14.5 Å². The second kappa shape index (κ2) is 4.26. The van der Waals surface area contributed by atoms with Crippen LogP contribution >= 0.6 is 0 Å². The van der Waals surface area contributed by atoms with Crippen molar-refractivity contribution in [2.45, 2.75) is 12.8 Å². The van der Waals surface area contributed by atoms with Gasteiger partial charge in [-0.25, -0.2) is 0 Å². The van der Waals surface area contributed by atoms with Crippen LogP contribution in [0.5, 0.6) is 0 Å². The summed E-state index contributed by atoms with van der Waals surface area (Å²) in [5, 5.41) is 0. The highest BCUT2D eigenvalue weighted by Crippen LogP contribution is 2.35. The summed E-state index contributed by atoms with van der Waals surface area (Å²) in [7, 11) is 0. The fraction of sp³-hybridized carbons (Fsp3) is 0.200. The zero-order valence-corrected chi connectivity index (χ0v) is 9.93. The van der Waals surface area contributed by atoms with Crippen LogP contribution < -0.4 is 0 Å². The van der Waals surface area contributed by atoms with E-state index in [-0.39, 0.29) is 11.8 Å². The highest BCUT2D eigenvalue weighted by molar-refractivity contribution is 6.12. The molecule has 0 aromatic heterocycles. The maximum atomic E-state index is 11.3. The van der Waals surface area contributed by atoms with Crippen molar-refractivity contribution in [2.75, 3.05) is 6.54 Å². The molecule has 0 bridgehead atoms. The lowest BCUT2D eigenvalue weighted by Crippen LogP contribution is -2.30. The van der Waals surface area contributed by atoms with E-state index in [1.165, 1.54) is 33.8 Å². The smallest absolute Gasteiger partial charge is 0.253 e. The molecule has 18 heavy (non-hydrogen) atoms. The average Bonchev–Trinajstić information content (AvgIpc) is 2.66. The summed E-state index contributed by atoms with van der Waals surface area (Å²) in [6, 6.07) is 8.26. The summed E-state index contributed by atoms with van der Waals surface area (Å²) in [6.45, 7) is 0.504. The Morgan fingerprint density at radius 3 is 2.44 bits per heavy atom. The van der Waals surface area contributed by atoms with Crippen molar-refractivity contribution >= 4 is 23.5 Å². The van der Waals surface area contributed by atoms with E-state index in [4.69, 9.17) is 0 Å². The molecule has 0 radical (unpaired) electrons. The highest BCUT2D eigenvalue weighted by Gasteiger charge is 2.23. The second-order valence-electron chi connectivity index (χ2n) is 4.52. The summed E-state index contributed by atoms with van der Waals surface area (Å²) in [5.74, 6) is -0.383. The standard InChI is InChI=1S/C15H13NO2/c17-14-7-8-15(18)16(14)9-3-5-12-10-11-4-1-2-6-13(11)12/h1-2,4,6-8,10H,3,5,9H2. The van der Waals surface area contributed by atoms with Gasteiger partial charge in [-0.05, 0) is 29.5 Å². The van der Waals surface area contributed by atoms with E-state index in [2.05, 4.69) is 18.2 Å². The molecule has 2 amide bonds. The molecule has 0 saturated heterocycles. The van der Waals surface area contributed by atoms with Gasteiger partial charge in [-0.1, -0.05) is 30.3 Å². The second-order valence-corrected chi connectivity index (χ2v) is 4.52. The van der Waals surface area contributed by atoms with Crippen LogP contribution in [0.1, 0.15) is 24.0 Å². The Morgan fingerprint density at radius 2 is 1.72 bits per heavy atom. The SMILES string of the molecule is O=C1C=CC(=O)N1CCCC1=Cc2ccccc21. The van der Waals surface area contributed by atoms with E-state index in [1.807, 2.05) is 12.1 Å². The zero-order valence-electron chi connectivity index (χ0n) is 9.93. The van der Waals surface area contributed by atoms with Gasteiger partial charge in [0.2, 0.25) is 0 Å². The summed E-state index contributed by atoms with van der Waals surface area (Å²) >= 11 is 0. The minimum Gasteiger partial charge on any atom is -0.275 e. The molecule has 0 fully saturated rings. The predicted molar refractivity (Wildman–Crippen MR) is 69.4 cm³/mol. The molecule has 0 unspecified atom stereocenters. The molecule has 0 saturated carbocycles. The van der Waals surface area contributed by atoms with Crippen LogP contribution in [0.25, 0.3) is 11.6 Å². The molecule has 3 nitrogen and oxygen atoms in total. The Bertz CT molecular complexity index is 566. The summed E-state index contributed by atoms with van der Waals surface area (Å²) < 4.78 is 0. The monoisotopic (exact) mass is 239 g/mol. The largest absolute Gasteiger partial charge is 0.275 e. The van der Waals surface area contributed by atoms with Crippen molar-refractivity contribution in [3.8, 4) is 0 Å². The van der Waals surface area contributed by atoms with Crippen molar-refractivity contribution in [1.29, 1.82) is 0 Å². The first kappa shape index (κ1) is 11.0. The molecule has 1 aromatic rings. The number of imide groups is 1. The molecule has 0 spiro atoms. The number of nitrogens with zero attached hydrogens (tertiary/aromatic N) is 1. The van der Waals surface area contributed by atoms with Crippen LogP contribution in [-0.2, 0) is 9.59 Å². The number of allylic oxidation sites excluding steroid dienone is 1. The fourth-order valence-electron chi connectivity index (χ4n) is 2.39. The lowest BCUT2D eigenvalue weighted by atomic mass is 9.86. The molecule has 2 aliphatic rings. The normalized spacial score (nSPS) is 16.7. The van der Waals surface area contributed by atoms with Crippen molar-refractivity contribution in [3.05, 3.63) is 47.5 Å². The number of fused-ring (bicyclic) bond motifs is 1. The van der Waals surface area contributed by atoms with E-state index >= 15 is 0 Å². The van der Waals surface area contributed by atoms with Crippen molar-refractivity contribution in [2.24, 2.45) is 0 Å². The third-order valence-corrected chi connectivity index (χ3v) is 3.36. The number of rotatable bonds is 4. The van der Waals surface area contributed by atoms with Gasteiger partial charge in [0.1, 0.15) is 0 Å². The van der Waals surface area contributed by atoms with Crippen LogP contribution in [0, 0.1) is 0 Å². The van der Waals surface area contributed by atoms with E-state index in [1.54, 1.807) is 0 Å². The number of amides is 2. The lowest BCUT2D eigenvalue weighted by molar-refractivity contribution is -0.136. The van der Waals surface area contributed by atoms with Crippen LogP contribution in [0.4, 0.5) is 0 Å². The molecule has 0 N–H and O–H groups in total. The minimum absolute atomic E-state index is 0.192. The zero-order chi connectivity index (χ0) is 12.5. The quantitative estimate of drug-likeness (QED) is 0.756. The molecule has 3 rings (SSSR count). The van der Waals surface area contributed by atoms with Gasteiger partial charge in [-0.2, -0.15) is 0 Å². The third kappa shape index (κ3) is 1.78. The first-order chi connectivity index (χ1) is 8.75. The van der Waals surface area contributed by atoms with Gasteiger partial charge < -0.3 is 0 Å². The first-order valence-corrected chi connectivity index (χ1v) is 6.09. The molecule has 3 heteroatoms. The molecule has 1 aliphatic heterocycles. The predicted octanol–water partition coefficient (Wildman–Crippen LogP) is 2.25. The van der Waals surface area contributed by atoms with Crippen molar-refractivity contribution in [1.82, 2.24) is 4.90 Å². The summed E-state index contributed by atoms with van der Waals surface area (Å²) in [6.07, 6.45) is 6.56. The molecule has 0 atom stereocenters. The summed E-state index contributed by atoms with van der Waals surface area (Å²) in [5.41, 5.74) is 3.90. The lowest BCUT2D eigenvalue weighted by Gasteiger charge is -2.21. The van der Waals surface area contributed by atoms with Crippen LogP contribution in [0.15, 0.2) is 36.4 Å². The summed E-state index contributed by atoms with van der Waals surface area (Å²) in [4.78, 5) is 24.0. The number of benzene rings is 1. The maximum absolute atomic E-state index is 11.3. The number of hydrogen-bond donors (Lipinski definition) is 0. The molecular weight excluding hydrogens is 226 g/mol. The molecule has 1 aromatic carbocycles. The Kier molecular flexibility index (Phi) is 2.59. The Morgan fingerprint density at radius 1 is 1.00 bits per heavy atom. The molecule has 1 heterocycles. The van der Waals surface area contributed by atoms with Gasteiger partial charge in [-0.15, -0.1) is 0 Å². The van der Waals surface area contributed by atoms with Gasteiger partial charge in [0.05, 0.1) is 0 Å². The molecule has 90 valence electrons. The molecular formula is C15H13NO2. The Labute approximate surface area is 105 Å². The van der Waals surface area contributed by atoms with Gasteiger partial charge in [0.25, 0.3) is 11.8 Å². The topological polar surface area (TPSA) is 37.4 Å². The number of carbonyl (C=O) groups excluding carboxylic acids is 2. The van der Waals surface area contributed by atoms with Crippen LogP contribution in [-0.4, -0.2) is 23.3 Å². The number of hydrogen-bond acceptors (Lipinski definition) is 2. The van der Waals surface area contributed by atoms with Crippen LogP contribution in [0.3, 0.4) is 0 Å². The van der Waals surface area contributed by atoms with Crippen molar-refractivity contribution in [3.63, 3.8) is 0 Å². The Balaban J connectivity index is 1.53. The van der Waals surface area contributed by atoms with Gasteiger partial charge in [0, 0.05) is 18.7 Å². The van der Waals surface area contributed by atoms with E-state index in [0.717, 1.165) is 12.8 Å². The maximum Gasteiger partial charge on any atom is 0.253 e. The van der Waals surface area contributed by atoms with E-state index < -0.39 is 0 Å². The van der Waals surface area contributed by atoms with E-state index in [9.17, 15) is 9.59 Å². The number of carbonyl (C=O) groups is 2. The Hall–Kier alpha value is -2.16. The average molecular weight is 239 g/mol. The highest BCUT2D eigenvalue weighted by atomic mass is 16.2. The van der Waals surface area contributed by atoms with Gasteiger partial charge in [0.15, 0.2) is 0 Å². The van der Waals surface area contributed by atoms with Crippen molar-refractivity contribution < 1.29 is 9.59 Å². The third-order valence-electron chi connectivity index (χ3n) is 3.36. The first-order valence-electron chi connectivity index (χ1n) is 6.09. The van der Waals surface area contributed by atoms with Crippen LogP contribution in [0.2, 0.25) is 0 Å². The molecule has 1 aliphatic carbocycles. The van der Waals surface area contributed by atoms with Gasteiger partial charge >= 0.3 is 0 Å². The minimum atomic E-state index is -0.192. The van der Waals surface area contributed by atoms with E-state index in [0.29, 0.717) is 6.54 Å². The fourth-order valence-corrected chi connectivity index (χ4v) is 2.39.